The highest BCUT2D eigenvalue weighted by molar-refractivity contribution is 5.69. The number of aryl methyl sites for hydroxylation is 1. The molecule has 1 aromatic heterocycles. The van der Waals surface area contributed by atoms with E-state index in [2.05, 4.69) is 4.98 Å². The predicted octanol–water partition coefficient (Wildman–Crippen LogP) is 2.56. The Kier molecular flexibility index (Phi) is 2.21. The first kappa shape index (κ1) is 9.39. The molecule has 0 saturated heterocycles. The molecule has 5 nitrogen and oxygen atoms in total. The first-order valence-corrected chi connectivity index (χ1v) is 4.34. The Labute approximate surface area is 85.5 Å². The summed E-state index contributed by atoms with van der Waals surface area (Å²) < 4.78 is 5.05. The number of nitro groups is 1. The van der Waals surface area contributed by atoms with Gasteiger partial charge in [0, 0.05) is 5.56 Å². The predicted molar refractivity (Wildman–Crippen MR) is 53.3 cm³/mol. The lowest BCUT2D eigenvalue weighted by atomic mass is 10.1. The van der Waals surface area contributed by atoms with Gasteiger partial charge >= 0.3 is 0 Å². The van der Waals surface area contributed by atoms with Crippen LogP contribution in [-0.4, -0.2) is 9.91 Å². The van der Waals surface area contributed by atoms with Crippen LogP contribution >= 0.6 is 0 Å². The van der Waals surface area contributed by atoms with Crippen molar-refractivity contribution in [3.05, 3.63) is 46.3 Å². The number of para-hydroxylation sites is 1. The maximum Gasteiger partial charge on any atom is 0.284 e. The molecular weight excluding hydrogens is 196 g/mol. The SMILES string of the molecule is Cc1cccc(-c2ncco2)c1[N+](=O)[O-]. The summed E-state index contributed by atoms with van der Waals surface area (Å²) in [5.41, 5.74) is 1.04. The lowest BCUT2D eigenvalue weighted by molar-refractivity contribution is -0.384. The zero-order valence-electron chi connectivity index (χ0n) is 8.01. The highest BCUT2D eigenvalue weighted by atomic mass is 16.6. The molecular formula is C10H8N2O3. The van der Waals surface area contributed by atoms with E-state index in [1.54, 1.807) is 25.1 Å². The van der Waals surface area contributed by atoms with E-state index < -0.39 is 4.92 Å². The van der Waals surface area contributed by atoms with E-state index >= 15 is 0 Å². The third kappa shape index (κ3) is 1.59. The first-order valence-electron chi connectivity index (χ1n) is 4.34. The van der Waals surface area contributed by atoms with Gasteiger partial charge in [-0.1, -0.05) is 12.1 Å². The fourth-order valence-electron chi connectivity index (χ4n) is 1.43. The second-order valence-corrected chi connectivity index (χ2v) is 3.07. The van der Waals surface area contributed by atoms with Crippen LogP contribution in [0.5, 0.6) is 0 Å². The quantitative estimate of drug-likeness (QED) is 0.556. The average molecular weight is 204 g/mol. The molecule has 0 aliphatic heterocycles. The van der Waals surface area contributed by atoms with E-state index in [0.29, 0.717) is 11.1 Å². The molecule has 2 aromatic rings. The highest BCUT2D eigenvalue weighted by Gasteiger charge is 2.20. The molecule has 0 atom stereocenters. The molecule has 0 fully saturated rings. The molecule has 0 N–H and O–H groups in total. The van der Waals surface area contributed by atoms with Crippen LogP contribution in [0.3, 0.4) is 0 Å². The van der Waals surface area contributed by atoms with E-state index in [0.717, 1.165) is 0 Å². The highest BCUT2D eigenvalue weighted by Crippen LogP contribution is 2.31. The topological polar surface area (TPSA) is 69.2 Å². The lowest BCUT2D eigenvalue weighted by Crippen LogP contribution is -1.94. The van der Waals surface area contributed by atoms with Crippen molar-refractivity contribution in [2.75, 3.05) is 0 Å². The van der Waals surface area contributed by atoms with Crippen molar-refractivity contribution in [2.45, 2.75) is 6.92 Å². The zero-order chi connectivity index (χ0) is 10.8. The van der Waals surface area contributed by atoms with Gasteiger partial charge in [0.25, 0.3) is 5.69 Å². The van der Waals surface area contributed by atoms with Gasteiger partial charge in [0.2, 0.25) is 5.89 Å². The molecule has 0 aliphatic carbocycles. The molecule has 1 heterocycles. The number of aromatic nitrogens is 1. The van der Waals surface area contributed by atoms with Crippen LogP contribution in [-0.2, 0) is 0 Å². The van der Waals surface area contributed by atoms with Crippen LogP contribution in [0.15, 0.2) is 35.1 Å². The van der Waals surface area contributed by atoms with Gasteiger partial charge in [0.05, 0.1) is 11.1 Å². The van der Waals surface area contributed by atoms with Gasteiger partial charge in [0.1, 0.15) is 11.8 Å². The van der Waals surface area contributed by atoms with E-state index in [1.165, 1.54) is 12.5 Å². The molecule has 15 heavy (non-hydrogen) atoms. The monoisotopic (exact) mass is 204 g/mol. The maximum atomic E-state index is 10.9. The van der Waals surface area contributed by atoms with Crippen molar-refractivity contribution in [2.24, 2.45) is 0 Å². The largest absolute Gasteiger partial charge is 0.444 e. The second kappa shape index (κ2) is 3.53. The van der Waals surface area contributed by atoms with Crippen molar-refractivity contribution >= 4 is 5.69 Å². The summed E-state index contributed by atoms with van der Waals surface area (Å²) in [6, 6.07) is 5.05. The van der Waals surface area contributed by atoms with Crippen molar-refractivity contribution in [1.82, 2.24) is 4.98 Å². The lowest BCUT2D eigenvalue weighted by Gasteiger charge is -2.00. The summed E-state index contributed by atoms with van der Waals surface area (Å²) in [4.78, 5) is 14.4. The third-order valence-electron chi connectivity index (χ3n) is 2.08. The Morgan fingerprint density at radius 3 is 2.87 bits per heavy atom. The minimum absolute atomic E-state index is 0.0416. The van der Waals surface area contributed by atoms with Gasteiger partial charge in [-0.25, -0.2) is 4.98 Å². The fourth-order valence-corrected chi connectivity index (χ4v) is 1.43. The van der Waals surface area contributed by atoms with Crippen molar-refractivity contribution in [3.63, 3.8) is 0 Å². The van der Waals surface area contributed by atoms with Gasteiger partial charge in [0.15, 0.2) is 0 Å². The summed E-state index contributed by atoms with van der Waals surface area (Å²) in [5, 5.41) is 10.9. The molecule has 0 unspecified atom stereocenters. The summed E-state index contributed by atoms with van der Waals surface area (Å²) in [7, 11) is 0. The first-order chi connectivity index (χ1) is 7.20. The second-order valence-electron chi connectivity index (χ2n) is 3.07. The Bertz CT molecular complexity index is 491. The fraction of sp³-hybridized carbons (Fsp3) is 0.100. The Balaban J connectivity index is 2.66. The average Bonchev–Trinajstić information content (AvgIpc) is 2.69. The zero-order valence-corrected chi connectivity index (χ0v) is 8.01. The number of hydrogen-bond donors (Lipinski definition) is 0. The van der Waals surface area contributed by atoms with Gasteiger partial charge in [-0.2, -0.15) is 0 Å². The number of oxazole rings is 1. The minimum Gasteiger partial charge on any atom is -0.444 e. The van der Waals surface area contributed by atoms with E-state index in [-0.39, 0.29) is 11.6 Å². The molecule has 0 saturated carbocycles. The van der Waals surface area contributed by atoms with E-state index in [9.17, 15) is 10.1 Å². The number of hydrogen-bond acceptors (Lipinski definition) is 4. The van der Waals surface area contributed by atoms with E-state index in [1.807, 2.05) is 0 Å². The van der Waals surface area contributed by atoms with Gasteiger partial charge in [-0.15, -0.1) is 0 Å². The van der Waals surface area contributed by atoms with Crippen molar-refractivity contribution in [3.8, 4) is 11.5 Å². The van der Waals surface area contributed by atoms with E-state index in [4.69, 9.17) is 4.42 Å². The molecule has 1 aromatic carbocycles. The summed E-state index contributed by atoms with van der Waals surface area (Å²) in [6.45, 7) is 1.69. The molecule has 2 rings (SSSR count). The van der Waals surface area contributed by atoms with Gasteiger partial charge in [-0.05, 0) is 13.0 Å². The van der Waals surface area contributed by atoms with Gasteiger partial charge < -0.3 is 4.42 Å². The van der Waals surface area contributed by atoms with Crippen LogP contribution < -0.4 is 0 Å². The summed E-state index contributed by atoms with van der Waals surface area (Å²) in [5.74, 6) is 0.269. The normalized spacial score (nSPS) is 10.2. The smallest absolute Gasteiger partial charge is 0.284 e. The van der Waals surface area contributed by atoms with Gasteiger partial charge in [-0.3, -0.25) is 10.1 Å². The van der Waals surface area contributed by atoms with Crippen LogP contribution in [0.2, 0.25) is 0 Å². The molecule has 5 heteroatoms. The van der Waals surface area contributed by atoms with Crippen LogP contribution in [0.25, 0.3) is 11.5 Å². The molecule has 76 valence electrons. The Morgan fingerprint density at radius 1 is 1.47 bits per heavy atom. The molecule has 0 amide bonds. The van der Waals surface area contributed by atoms with Crippen molar-refractivity contribution < 1.29 is 9.34 Å². The van der Waals surface area contributed by atoms with Crippen LogP contribution in [0.1, 0.15) is 5.56 Å². The third-order valence-corrected chi connectivity index (χ3v) is 2.08. The maximum absolute atomic E-state index is 10.9. The molecule has 0 bridgehead atoms. The molecule has 0 radical (unpaired) electrons. The Morgan fingerprint density at radius 2 is 2.27 bits per heavy atom. The Hall–Kier alpha value is -2.17. The molecule has 0 spiro atoms. The number of nitrogens with zero attached hydrogens (tertiary/aromatic N) is 2. The number of rotatable bonds is 2. The van der Waals surface area contributed by atoms with Crippen LogP contribution in [0.4, 0.5) is 5.69 Å². The van der Waals surface area contributed by atoms with Crippen LogP contribution in [0, 0.1) is 17.0 Å². The summed E-state index contributed by atoms with van der Waals surface area (Å²) >= 11 is 0. The summed E-state index contributed by atoms with van der Waals surface area (Å²) in [6.07, 6.45) is 2.85. The number of nitro benzene ring substituents is 1. The molecule has 0 aliphatic rings. The minimum atomic E-state index is -0.422. The van der Waals surface area contributed by atoms with Crippen molar-refractivity contribution in [1.29, 1.82) is 0 Å². The standard InChI is InChI=1S/C10H8N2O3/c1-7-3-2-4-8(9(7)12(13)14)10-11-5-6-15-10/h2-6H,1H3. The number of benzene rings is 1.